The first-order chi connectivity index (χ1) is 9.33. The Morgan fingerprint density at radius 1 is 1.32 bits per heavy atom. The van der Waals surface area contributed by atoms with E-state index >= 15 is 0 Å². The van der Waals surface area contributed by atoms with Crippen LogP contribution >= 0.6 is 11.6 Å². The fourth-order valence-electron chi connectivity index (χ4n) is 2.20. The van der Waals surface area contributed by atoms with Crippen LogP contribution in [0.5, 0.6) is 11.5 Å². The molecule has 1 aromatic carbocycles. The van der Waals surface area contributed by atoms with E-state index in [1.807, 2.05) is 25.1 Å². The zero-order chi connectivity index (χ0) is 13.5. The lowest BCUT2D eigenvalue weighted by atomic mass is 10.2. The zero-order valence-electron chi connectivity index (χ0n) is 11.4. The molecule has 106 valence electrons. The lowest BCUT2D eigenvalue weighted by Gasteiger charge is -2.14. The van der Waals surface area contributed by atoms with Gasteiger partial charge in [0.2, 0.25) is 0 Å². The summed E-state index contributed by atoms with van der Waals surface area (Å²) < 4.78 is 17.0. The Morgan fingerprint density at radius 3 is 2.89 bits per heavy atom. The molecule has 1 unspecified atom stereocenters. The van der Waals surface area contributed by atoms with Crippen molar-refractivity contribution in [3.63, 3.8) is 0 Å². The van der Waals surface area contributed by atoms with E-state index in [0.29, 0.717) is 25.2 Å². The molecule has 0 saturated carbocycles. The van der Waals surface area contributed by atoms with Gasteiger partial charge in [-0.2, -0.15) is 0 Å². The minimum absolute atomic E-state index is 0.359. The van der Waals surface area contributed by atoms with E-state index < -0.39 is 0 Å². The fraction of sp³-hybridized carbons (Fsp3) is 0.600. The number of halogens is 1. The first-order valence-electron chi connectivity index (χ1n) is 6.89. The Labute approximate surface area is 119 Å². The molecular formula is C15H21ClO3. The third kappa shape index (κ3) is 4.29. The first kappa shape index (κ1) is 14.5. The molecule has 0 radical (unpaired) electrons. The average molecular weight is 285 g/mol. The van der Waals surface area contributed by atoms with Crippen molar-refractivity contribution < 1.29 is 14.2 Å². The van der Waals surface area contributed by atoms with Crippen LogP contribution in [-0.2, 0) is 10.6 Å². The van der Waals surface area contributed by atoms with Gasteiger partial charge in [0.15, 0.2) is 11.5 Å². The van der Waals surface area contributed by atoms with Crippen LogP contribution in [0.25, 0.3) is 0 Å². The van der Waals surface area contributed by atoms with Crippen LogP contribution in [0.15, 0.2) is 18.2 Å². The Balaban J connectivity index is 1.90. The minimum atomic E-state index is 0.359. The second-order valence-corrected chi connectivity index (χ2v) is 4.89. The molecular weight excluding hydrogens is 264 g/mol. The molecule has 0 amide bonds. The Morgan fingerprint density at radius 2 is 2.21 bits per heavy atom. The van der Waals surface area contributed by atoms with Crippen molar-refractivity contribution in [3.8, 4) is 11.5 Å². The van der Waals surface area contributed by atoms with Gasteiger partial charge in [0.25, 0.3) is 0 Å². The highest BCUT2D eigenvalue weighted by molar-refractivity contribution is 6.17. The number of benzene rings is 1. The summed E-state index contributed by atoms with van der Waals surface area (Å²) in [5, 5.41) is 0. The highest BCUT2D eigenvalue weighted by Gasteiger charge is 2.15. The predicted molar refractivity (Wildman–Crippen MR) is 76.3 cm³/mol. The van der Waals surface area contributed by atoms with E-state index in [0.717, 1.165) is 36.5 Å². The Bertz CT molecular complexity index is 389. The summed E-state index contributed by atoms with van der Waals surface area (Å²) in [5.41, 5.74) is 1.04. The van der Waals surface area contributed by atoms with Gasteiger partial charge in [-0.25, -0.2) is 0 Å². The smallest absolute Gasteiger partial charge is 0.161 e. The number of rotatable bonds is 7. The third-order valence-corrected chi connectivity index (χ3v) is 3.49. The SMILES string of the molecule is CCOc1cc(CCl)ccc1OCCC1CCCO1. The molecule has 1 heterocycles. The predicted octanol–water partition coefficient (Wildman–Crippen LogP) is 3.77. The van der Waals surface area contributed by atoms with Gasteiger partial charge in [0, 0.05) is 18.9 Å². The highest BCUT2D eigenvalue weighted by Crippen LogP contribution is 2.29. The van der Waals surface area contributed by atoms with Crippen molar-refractivity contribution in [2.24, 2.45) is 0 Å². The largest absolute Gasteiger partial charge is 0.490 e. The van der Waals surface area contributed by atoms with Crippen molar-refractivity contribution in [3.05, 3.63) is 23.8 Å². The van der Waals surface area contributed by atoms with Crippen LogP contribution in [0.4, 0.5) is 0 Å². The second kappa shape index (κ2) is 7.61. The summed E-state index contributed by atoms with van der Waals surface area (Å²) >= 11 is 5.83. The van der Waals surface area contributed by atoms with E-state index in [9.17, 15) is 0 Å². The summed E-state index contributed by atoms with van der Waals surface area (Å²) in [5.74, 6) is 2.04. The molecule has 0 spiro atoms. The second-order valence-electron chi connectivity index (χ2n) is 4.62. The Hall–Kier alpha value is -0.930. The molecule has 1 aromatic rings. The number of ether oxygens (including phenoxy) is 3. The van der Waals surface area contributed by atoms with Gasteiger partial charge in [0.1, 0.15) is 0 Å². The van der Waals surface area contributed by atoms with E-state index in [1.165, 1.54) is 6.42 Å². The van der Waals surface area contributed by atoms with Gasteiger partial charge in [-0.15, -0.1) is 11.6 Å². The molecule has 19 heavy (non-hydrogen) atoms. The number of hydrogen-bond donors (Lipinski definition) is 0. The minimum Gasteiger partial charge on any atom is -0.490 e. The normalized spacial score (nSPS) is 18.5. The van der Waals surface area contributed by atoms with E-state index in [1.54, 1.807) is 0 Å². The zero-order valence-corrected chi connectivity index (χ0v) is 12.1. The molecule has 0 aromatic heterocycles. The van der Waals surface area contributed by atoms with Crippen LogP contribution in [-0.4, -0.2) is 25.9 Å². The maximum absolute atomic E-state index is 5.83. The molecule has 0 aliphatic carbocycles. The summed E-state index contributed by atoms with van der Waals surface area (Å²) in [7, 11) is 0. The Kier molecular flexibility index (Phi) is 5.80. The van der Waals surface area contributed by atoms with Gasteiger partial charge in [0.05, 0.1) is 19.3 Å². The molecule has 1 fully saturated rings. The fourth-order valence-corrected chi connectivity index (χ4v) is 2.36. The van der Waals surface area contributed by atoms with E-state index in [-0.39, 0.29) is 0 Å². The van der Waals surface area contributed by atoms with Crippen molar-refractivity contribution >= 4 is 11.6 Å². The van der Waals surface area contributed by atoms with Gasteiger partial charge >= 0.3 is 0 Å². The quantitative estimate of drug-likeness (QED) is 0.713. The molecule has 4 heteroatoms. The van der Waals surface area contributed by atoms with Crippen molar-refractivity contribution in [2.75, 3.05) is 19.8 Å². The lowest BCUT2D eigenvalue weighted by Crippen LogP contribution is -2.11. The first-order valence-corrected chi connectivity index (χ1v) is 7.43. The highest BCUT2D eigenvalue weighted by atomic mass is 35.5. The molecule has 0 bridgehead atoms. The summed E-state index contributed by atoms with van der Waals surface area (Å²) in [4.78, 5) is 0. The molecule has 0 N–H and O–H groups in total. The van der Waals surface area contributed by atoms with E-state index in [2.05, 4.69) is 0 Å². The number of hydrogen-bond acceptors (Lipinski definition) is 3. The van der Waals surface area contributed by atoms with Gasteiger partial charge in [-0.3, -0.25) is 0 Å². The topological polar surface area (TPSA) is 27.7 Å². The van der Waals surface area contributed by atoms with Crippen molar-refractivity contribution in [2.45, 2.75) is 38.2 Å². The molecule has 1 saturated heterocycles. The summed E-state index contributed by atoms with van der Waals surface area (Å²) in [6, 6.07) is 5.84. The van der Waals surface area contributed by atoms with Gasteiger partial charge in [-0.1, -0.05) is 6.07 Å². The lowest BCUT2D eigenvalue weighted by molar-refractivity contribution is 0.0897. The number of alkyl halides is 1. The van der Waals surface area contributed by atoms with Gasteiger partial charge in [-0.05, 0) is 37.5 Å². The van der Waals surface area contributed by atoms with Crippen LogP contribution in [0.2, 0.25) is 0 Å². The van der Waals surface area contributed by atoms with Crippen LogP contribution < -0.4 is 9.47 Å². The maximum atomic E-state index is 5.83. The van der Waals surface area contributed by atoms with E-state index in [4.69, 9.17) is 25.8 Å². The summed E-state index contributed by atoms with van der Waals surface area (Å²) in [6.45, 7) is 4.13. The van der Waals surface area contributed by atoms with Gasteiger partial charge < -0.3 is 14.2 Å². The summed E-state index contributed by atoms with van der Waals surface area (Å²) in [6.07, 6.45) is 3.60. The molecule has 1 aliphatic rings. The van der Waals surface area contributed by atoms with Crippen LogP contribution in [0, 0.1) is 0 Å². The monoisotopic (exact) mass is 284 g/mol. The van der Waals surface area contributed by atoms with Crippen molar-refractivity contribution in [1.82, 2.24) is 0 Å². The average Bonchev–Trinajstić information content (AvgIpc) is 2.94. The molecule has 2 rings (SSSR count). The van der Waals surface area contributed by atoms with Crippen molar-refractivity contribution in [1.29, 1.82) is 0 Å². The maximum Gasteiger partial charge on any atom is 0.161 e. The third-order valence-electron chi connectivity index (χ3n) is 3.18. The van der Waals surface area contributed by atoms with Crippen LogP contribution in [0.1, 0.15) is 31.7 Å². The molecule has 1 atom stereocenters. The van der Waals surface area contributed by atoms with Crippen LogP contribution in [0.3, 0.4) is 0 Å². The molecule has 3 nitrogen and oxygen atoms in total. The standard InChI is InChI=1S/C15H21ClO3/c1-2-17-15-10-12(11-16)5-6-14(15)19-9-7-13-4-3-8-18-13/h5-6,10,13H,2-4,7-9,11H2,1H3. The molecule has 1 aliphatic heterocycles.